The molecule has 1 fully saturated rings. The minimum Gasteiger partial charge on any atom is -0.492 e. The van der Waals surface area contributed by atoms with Crippen molar-refractivity contribution < 1.29 is 14.2 Å². The largest absolute Gasteiger partial charge is 0.492 e. The average Bonchev–Trinajstić information content (AvgIpc) is 3.26. The summed E-state index contributed by atoms with van der Waals surface area (Å²) < 4.78 is 17.4. The van der Waals surface area contributed by atoms with E-state index in [1.165, 1.54) is 5.56 Å². The number of nitrogens with one attached hydrogen (secondary N) is 2. The van der Waals surface area contributed by atoms with E-state index in [9.17, 15) is 0 Å². The number of hydrazine groups is 1. The molecule has 3 aromatic carbocycles. The first-order chi connectivity index (χ1) is 14.8. The van der Waals surface area contributed by atoms with E-state index < -0.39 is 0 Å². The Morgan fingerprint density at radius 2 is 1.43 bits per heavy atom. The number of anilines is 1. The zero-order valence-corrected chi connectivity index (χ0v) is 16.8. The van der Waals surface area contributed by atoms with Crippen LogP contribution >= 0.6 is 0 Å². The Morgan fingerprint density at radius 3 is 2.23 bits per heavy atom. The van der Waals surface area contributed by atoms with Crippen LogP contribution in [0.1, 0.15) is 18.0 Å². The molecule has 0 spiro atoms. The molecule has 6 heteroatoms. The van der Waals surface area contributed by atoms with Crippen molar-refractivity contribution >= 4 is 5.69 Å². The maximum absolute atomic E-state index is 5.86. The van der Waals surface area contributed by atoms with E-state index in [4.69, 9.17) is 19.9 Å². The van der Waals surface area contributed by atoms with Crippen LogP contribution in [0.5, 0.6) is 17.2 Å². The van der Waals surface area contributed by atoms with Crippen molar-refractivity contribution in [2.24, 2.45) is 0 Å². The second-order valence-corrected chi connectivity index (χ2v) is 7.24. The van der Waals surface area contributed by atoms with Gasteiger partial charge in [-0.15, -0.1) is 0 Å². The van der Waals surface area contributed by atoms with Gasteiger partial charge in [-0.3, -0.25) is 5.43 Å². The lowest BCUT2D eigenvalue weighted by Gasteiger charge is -2.13. The fourth-order valence-corrected chi connectivity index (χ4v) is 3.41. The summed E-state index contributed by atoms with van der Waals surface area (Å²) in [5.74, 6) is 2.47. The Balaban J connectivity index is 1.23. The molecule has 4 rings (SSSR count). The zero-order chi connectivity index (χ0) is 20.6. The molecule has 0 aromatic heterocycles. The summed E-state index contributed by atoms with van der Waals surface area (Å²) >= 11 is 0. The fourth-order valence-electron chi connectivity index (χ4n) is 3.41. The topological polar surface area (TPSA) is 77.8 Å². The Bertz CT molecular complexity index is 936. The number of hydrogen-bond donors (Lipinski definition) is 3. The lowest BCUT2D eigenvalue weighted by atomic mass is 10.0. The quantitative estimate of drug-likeness (QED) is 0.372. The van der Waals surface area contributed by atoms with Gasteiger partial charge in [-0.1, -0.05) is 36.4 Å². The van der Waals surface area contributed by atoms with Crippen LogP contribution in [0.3, 0.4) is 0 Å². The van der Waals surface area contributed by atoms with Crippen LogP contribution in [0.25, 0.3) is 0 Å². The molecule has 30 heavy (non-hydrogen) atoms. The molecular weight excluding hydrogens is 378 g/mol. The van der Waals surface area contributed by atoms with Gasteiger partial charge in [0.1, 0.15) is 37.1 Å². The SMILES string of the molecule is Nc1cccc(OCC2CC(c3cccc(OCCOc4ccccc4)c3)NN2)c1. The van der Waals surface area contributed by atoms with Gasteiger partial charge in [0.05, 0.1) is 6.04 Å². The monoisotopic (exact) mass is 405 g/mol. The summed E-state index contributed by atoms with van der Waals surface area (Å²) in [6.07, 6.45) is 0.920. The minimum atomic E-state index is 0.198. The molecule has 1 aliphatic rings. The van der Waals surface area contributed by atoms with Crippen LogP contribution in [0.2, 0.25) is 0 Å². The summed E-state index contributed by atoms with van der Waals surface area (Å²) in [7, 11) is 0. The molecule has 1 aliphatic heterocycles. The fraction of sp³-hybridized carbons (Fsp3) is 0.250. The van der Waals surface area contributed by atoms with Crippen LogP contribution in [0.15, 0.2) is 78.9 Å². The number of rotatable bonds is 9. The van der Waals surface area contributed by atoms with Crippen molar-refractivity contribution in [1.29, 1.82) is 0 Å². The van der Waals surface area contributed by atoms with Crippen LogP contribution in [-0.2, 0) is 0 Å². The van der Waals surface area contributed by atoms with Crippen molar-refractivity contribution in [3.63, 3.8) is 0 Å². The molecule has 1 saturated heterocycles. The van der Waals surface area contributed by atoms with Crippen molar-refractivity contribution in [1.82, 2.24) is 10.9 Å². The lowest BCUT2D eigenvalue weighted by molar-refractivity contribution is 0.217. The van der Waals surface area contributed by atoms with Gasteiger partial charge < -0.3 is 19.9 Å². The highest BCUT2D eigenvalue weighted by Crippen LogP contribution is 2.26. The van der Waals surface area contributed by atoms with Gasteiger partial charge in [0.15, 0.2) is 0 Å². The summed E-state index contributed by atoms with van der Waals surface area (Å²) in [5, 5.41) is 0. The average molecular weight is 405 g/mol. The van der Waals surface area contributed by atoms with Crippen LogP contribution in [0.4, 0.5) is 5.69 Å². The number of nitrogens with two attached hydrogens (primary N) is 1. The molecule has 2 unspecified atom stereocenters. The third-order valence-corrected chi connectivity index (χ3v) is 4.92. The van der Waals surface area contributed by atoms with E-state index in [0.29, 0.717) is 25.5 Å². The Kier molecular flexibility index (Phi) is 6.69. The summed E-state index contributed by atoms with van der Waals surface area (Å²) in [5.41, 5.74) is 14.3. The second kappa shape index (κ2) is 10.0. The van der Waals surface area contributed by atoms with E-state index in [-0.39, 0.29) is 12.1 Å². The van der Waals surface area contributed by atoms with E-state index in [1.54, 1.807) is 0 Å². The third-order valence-electron chi connectivity index (χ3n) is 4.92. The maximum atomic E-state index is 5.86. The van der Waals surface area contributed by atoms with E-state index in [2.05, 4.69) is 23.0 Å². The van der Waals surface area contributed by atoms with E-state index >= 15 is 0 Å². The minimum absolute atomic E-state index is 0.198. The second-order valence-electron chi connectivity index (χ2n) is 7.24. The van der Waals surface area contributed by atoms with Gasteiger partial charge in [0.25, 0.3) is 0 Å². The number of hydrogen-bond acceptors (Lipinski definition) is 6. The maximum Gasteiger partial charge on any atom is 0.122 e. The van der Waals surface area contributed by atoms with Crippen molar-refractivity contribution in [3.05, 3.63) is 84.4 Å². The number of ether oxygens (including phenoxy) is 3. The van der Waals surface area contributed by atoms with Gasteiger partial charge in [-0.25, -0.2) is 5.43 Å². The summed E-state index contributed by atoms with van der Waals surface area (Å²) in [6, 6.07) is 25.8. The van der Waals surface area contributed by atoms with Gasteiger partial charge in [0, 0.05) is 17.8 Å². The highest BCUT2D eigenvalue weighted by molar-refractivity contribution is 5.43. The summed E-state index contributed by atoms with van der Waals surface area (Å²) in [4.78, 5) is 0. The molecule has 0 bridgehead atoms. The van der Waals surface area contributed by atoms with E-state index in [0.717, 1.165) is 23.7 Å². The third kappa shape index (κ3) is 5.65. The van der Waals surface area contributed by atoms with Gasteiger partial charge in [-0.2, -0.15) is 0 Å². The van der Waals surface area contributed by atoms with Gasteiger partial charge in [-0.05, 0) is 48.4 Å². The highest BCUT2D eigenvalue weighted by atomic mass is 16.5. The van der Waals surface area contributed by atoms with Crippen molar-refractivity contribution in [3.8, 4) is 17.2 Å². The normalized spacial score (nSPS) is 18.1. The van der Waals surface area contributed by atoms with Crippen molar-refractivity contribution in [2.45, 2.75) is 18.5 Å². The molecule has 0 radical (unpaired) electrons. The van der Waals surface area contributed by atoms with Crippen LogP contribution in [-0.4, -0.2) is 25.9 Å². The molecule has 1 heterocycles. The zero-order valence-electron chi connectivity index (χ0n) is 16.8. The molecular formula is C24H27N3O3. The molecule has 156 valence electrons. The molecule has 0 saturated carbocycles. The van der Waals surface area contributed by atoms with Crippen molar-refractivity contribution in [2.75, 3.05) is 25.6 Å². The Morgan fingerprint density at radius 1 is 0.733 bits per heavy atom. The molecule has 6 nitrogen and oxygen atoms in total. The summed E-state index contributed by atoms with van der Waals surface area (Å²) in [6.45, 7) is 1.56. The Hall–Kier alpha value is -3.22. The number of nitrogen functional groups attached to an aromatic ring is 1. The highest BCUT2D eigenvalue weighted by Gasteiger charge is 2.25. The van der Waals surface area contributed by atoms with Crippen LogP contribution in [0, 0.1) is 0 Å². The molecule has 4 N–H and O–H groups in total. The molecule has 2 atom stereocenters. The van der Waals surface area contributed by atoms with Gasteiger partial charge >= 0.3 is 0 Å². The predicted octanol–water partition coefficient (Wildman–Crippen LogP) is 3.71. The molecule has 3 aromatic rings. The first-order valence-corrected chi connectivity index (χ1v) is 10.2. The first kappa shape index (κ1) is 20.1. The molecule has 0 amide bonds. The van der Waals surface area contributed by atoms with E-state index in [1.807, 2.05) is 66.7 Å². The standard InChI is InChI=1S/C24H27N3O3/c25-19-7-5-11-23(15-19)30-17-20-16-24(27-26-20)18-6-4-10-22(14-18)29-13-12-28-21-8-2-1-3-9-21/h1-11,14-15,20,24,26-27H,12-13,16-17,25H2. The molecule has 0 aliphatic carbocycles. The number of para-hydroxylation sites is 1. The van der Waals surface area contributed by atoms with Gasteiger partial charge in [0.2, 0.25) is 0 Å². The smallest absolute Gasteiger partial charge is 0.122 e. The Labute approximate surface area is 176 Å². The predicted molar refractivity (Wildman–Crippen MR) is 118 cm³/mol. The lowest BCUT2D eigenvalue weighted by Crippen LogP contribution is -2.34. The van der Waals surface area contributed by atoms with Crippen LogP contribution < -0.4 is 30.8 Å². The number of benzene rings is 3. The first-order valence-electron chi connectivity index (χ1n) is 10.2.